The largest absolute Gasteiger partial charge is 0.508 e. The number of aliphatic hydroxyl groups is 2. The number of nitrogens with one attached hydrogen (secondary N) is 1. The summed E-state index contributed by atoms with van der Waals surface area (Å²) in [6.45, 7) is 2.93. The summed E-state index contributed by atoms with van der Waals surface area (Å²) in [5.74, 6) is 8.54. The monoisotopic (exact) mass is 1160 g/mol. The summed E-state index contributed by atoms with van der Waals surface area (Å²) in [6.07, 6.45) is 34.9. The normalized spacial score (nSPS) is 37.9. The lowest BCUT2D eigenvalue weighted by Gasteiger charge is -2.68. The van der Waals surface area contributed by atoms with Crippen LogP contribution in [0.5, 0.6) is 17.2 Å². The van der Waals surface area contributed by atoms with E-state index in [-0.39, 0.29) is 114 Å². The summed E-state index contributed by atoms with van der Waals surface area (Å²) in [6, 6.07) is 17.5. The number of aliphatic imine (C=N–C) groups is 1. The lowest BCUT2D eigenvalue weighted by molar-refractivity contribution is -0.190. The Morgan fingerprint density at radius 1 is 0.860 bits per heavy atom. The van der Waals surface area contributed by atoms with Gasteiger partial charge in [-0.05, 0) is 220 Å². The van der Waals surface area contributed by atoms with Crippen LogP contribution in [0.2, 0.25) is 0 Å². The van der Waals surface area contributed by atoms with Crippen LogP contribution in [0.1, 0.15) is 212 Å². The molecule has 0 amide bonds. The van der Waals surface area contributed by atoms with Gasteiger partial charge in [0.2, 0.25) is 0 Å². The van der Waals surface area contributed by atoms with Crippen molar-refractivity contribution in [3.8, 4) is 29.1 Å². The fourth-order valence-electron chi connectivity index (χ4n) is 22.7. The maximum absolute atomic E-state index is 16.0. The number of ether oxygens (including phenoxy) is 2. The Kier molecular flexibility index (Phi) is 13.6. The average Bonchev–Trinajstić information content (AvgIpc) is 0.879. The van der Waals surface area contributed by atoms with E-state index in [4.69, 9.17) is 20.2 Å². The van der Waals surface area contributed by atoms with Crippen molar-refractivity contribution in [3.63, 3.8) is 0 Å². The Morgan fingerprint density at radius 3 is 2.51 bits per heavy atom. The van der Waals surface area contributed by atoms with Gasteiger partial charge in [-0.15, -0.1) is 0 Å². The van der Waals surface area contributed by atoms with Crippen molar-refractivity contribution in [2.24, 2.45) is 68.4 Å². The molecule has 2 heterocycles. The van der Waals surface area contributed by atoms with Gasteiger partial charge in [0, 0.05) is 58.3 Å². The summed E-state index contributed by atoms with van der Waals surface area (Å²) < 4.78 is 14.9. The van der Waals surface area contributed by atoms with Gasteiger partial charge >= 0.3 is 0 Å². The van der Waals surface area contributed by atoms with E-state index in [1.165, 1.54) is 48.8 Å². The number of ketones is 1. The lowest BCUT2D eigenvalue weighted by Crippen LogP contribution is -2.63. The molecule has 0 aromatic heterocycles. The summed E-state index contributed by atoms with van der Waals surface area (Å²) in [5, 5.41) is 53.7. The molecule has 1 saturated heterocycles. The van der Waals surface area contributed by atoms with Crippen molar-refractivity contribution >= 4 is 11.7 Å². The van der Waals surface area contributed by atoms with Crippen LogP contribution in [0.4, 0.5) is 0 Å². The fourth-order valence-corrected chi connectivity index (χ4v) is 22.7. The van der Waals surface area contributed by atoms with Crippen molar-refractivity contribution in [2.45, 2.75) is 208 Å². The van der Waals surface area contributed by atoms with E-state index in [2.05, 4.69) is 96.9 Å². The minimum absolute atomic E-state index is 0.0443. The molecule has 7 fully saturated rings. The van der Waals surface area contributed by atoms with Crippen LogP contribution in [-0.4, -0.2) is 70.2 Å². The van der Waals surface area contributed by atoms with Crippen molar-refractivity contribution in [1.82, 2.24) is 5.32 Å². The van der Waals surface area contributed by atoms with Gasteiger partial charge < -0.3 is 41.0 Å². The molecule has 14 unspecified atom stereocenters. The number of hydrogen-bond donors (Lipinski definition) is 6. The molecule has 7 N–H and O–H groups in total. The molecule has 6 saturated carbocycles. The van der Waals surface area contributed by atoms with E-state index in [9.17, 15) is 20.4 Å². The first-order valence-corrected chi connectivity index (χ1v) is 34.1. The Bertz CT molecular complexity index is 3470. The highest BCUT2D eigenvalue weighted by Crippen LogP contribution is 2.76. The summed E-state index contributed by atoms with van der Waals surface area (Å²) in [5.41, 5.74) is 15.7. The van der Waals surface area contributed by atoms with E-state index < -0.39 is 21.8 Å². The van der Waals surface area contributed by atoms with Gasteiger partial charge in [-0.2, -0.15) is 0 Å². The maximum Gasteiger partial charge on any atom is 0.189 e. The predicted molar refractivity (Wildman–Crippen MR) is 335 cm³/mol. The highest BCUT2D eigenvalue weighted by Gasteiger charge is 2.69. The number of allylic oxidation sites excluding steroid dienone is 6. The van der Waals surface area contributed by atoms with Crippen LogP contribution in [-0.2, 0) is 26.9 Å². The Hall–Kier alpha value is -5.60. The number of rotatable bonds is 4. The van der Waals surface area contributed by atoms with Crippen molar-refractivity contribution in [3.05, 3.63) is 135 Å². The summed E-state index contributed by atoms with van der Waals surface area (Å²) in [7, 11) is 0. The smallest absolute Gasteiger partial charge is 0.189 e. The number of nitrogens with zero attached hydrogens (tertiary/aromatic N) is 1. The number of phenols is 2. The van der Waals surface area contributed by atoms with Crippen LogP contribution >= 0.6 is 0 Å². The lowest BCUT2D eigenvalue weighted by atomic mass is 9.37. The first-order valence-electron chi connectivity index (χ1n) is 34.1. The topological polar surface area (TPSA) is 167 Å². The second-order valence-electron chi connectivity index (χ2n) is 30.4. The number of nitrogens with two attached hydrogens (primary N) is 1. The number of aromatic hydroxyl groups is 2. The quantitative estimate of drug-likeness (QED) is 0.110. The standard InChI is InChI=1S/C76H91N3O7/c1-45-39-74-26-20-48-33-50-41-73(44-81)23-8-5-19-60(73)59(43-80)65(50)62(83)37-57(48)58-38-63(86-55-16-3-4-17-55)69(84)67-56(58)18-12-15-53(34-49-35-64(74)75(40-45)42-61-70(66(49)68(67)75)85-28-27-72(61)21-9-10-22-72)78-71(77)79-76(24-6-2-7-25-76)51-14-11-13-46(30-51)29-47-31-52(74)36-54(82)32-47/h8,11,13-14,20,23,26,30-32,35-36,38,45,48-50,53,55,57,60-61,66,68,70,80-82,84H,2-7,9-10,15-17,19,21-22,24-25,27-29,33-34,37,39-44H2,1H3,(H3,77,78,79). The van der Waals surface area contributed by atoms with E-state index in [0.29, 0.717) is 43.8 Å². The van der Waals surface area contributed by atoms with Crippen LogP contribution in [0, 0.1) is 69.5 Å². The summed E-state index contributed by atoms with van der Waals surface area (Å²) in [4.78, 5) is 21.7. The second-order valence-corrected chi connectivity index (χ2v) is 30.4. The number of carbonyl (C=O) groups excluding carboxylic acids is 1. The van der Waals surface area contributed by atoms with Crippen molar-refractivity contribution < 1.29 is 34.7 Å². The number of aliphatic hydroxyl groups excluding tert-OH is 2. The molecular formula is C76H91N3O7. The van der Waals surface area contributed by atoms with E-state index in [1.807, 2.05) is 6.07 Å². The third kappa shape index (κ3) is 8.62. The number of benzene rings is 3. The zero-order chi connectivity index (χ0) is 58.3. The predicted octanol–water partition coefficient (Wildman–Crippen LogP) is 13.5. The number of Topliss-reactive ketones (excluding diaryl/α,β-unsaturated/α-hetero) is 1. The zero-order valence-corrected chi connectivity index (χ0v) is 50.8. The van der Waals surface area contributed by atoms with Gasteiger partial charge in [-0.3, -0.25) is 4.79 Å². The molecular weight excluding hydrogens is 1070 g/mol. The highest BCUT2D eigenvalue weighted by atomic mass is 16.5. The second kappa shape index (κ2) is 21.0. The van der Waals surface area contributed by atoms with Gasteiger partial charge in [-0.1, -0.05) is 117 Å². The third-order valence-corrected chi connectivity index (χ3v) is 25.9. The van der Waals surface area contributed by atoms with Gasteiger partial charge in [0.25, 0.3) is 0 Å². The molecule has 14 bridgehead atoms. The Morgan fingerprint density at radius 2 is 1.69 bits per heavy atom. The van der Waals surface area contributed by atoms with Crippen LogP contribution < -0.4 is 15.8 Å². The molecule has 11 aliphatic carbocycles. The molecule has 86 heavy (non-hydrogen) atoms. The highest BCUT2D eigenvalue weighted by molar-refractivity contribution is 5.98. The third-order valence-electron chi connectivity index (χ3n) is 25.9. The van der Waals surface area contributed by atoms with Crippen LogP contribution in [0.25, 0.3) is 0 Å². The molecule has 14 atom stereocenters. The number of phenolic OH excluding ortho intramolecular Hbond substituents is 2. The van der Waals surface area contributed by atoms with Crippen LogP contribution in [0.15, 0.2) is 101 Å². The van der Waals surface area contributed by atoms with E-state index in [1.54, 1.807) is 0 Å². The minimum Gasteiger partial charge on any atom is -0.508 e. The minimum atomic E-state index is -0.725. The number of guanidine groups is 1. The summed E-state index contributed by atoms with van der Waals surface area (Å²) >= 11 is 0. The molecule has 16 rings (SSSR count). The SMILES string of the molecule is CC1CC23C=CC4CC5CC6(CO)C=CCCC6C(CO)=C5C(=O)CC4c4cc(OC5CCCC5)c(O)c5c4C#CCC(CC4C=C2C2(C1)CC1C(OCCC16CCCC6)C4C52)N=C(N)NC1(CCCCC1)c1cccc(c1)Cc1cc(O)cc3c1. The van der Waals surface area contributed by atoms with E-state index in [0.717, 1.165) is 135 Å². The molecule has 3 aromatic carbocycles. The van der Waals surface area contributed by atoms with Crippen molar-refractivity contribution in [1.29, 1.82) is 0 Å². The average molecular weight is 1160 g/mol. The molecule has 10 heteroatoms. The first-order chi connectivity index (χ1) is 41.8. The van der Waals surface area contributed by atoms with Crippen LogP contribution in [0.3, 0.4) is 0 Å². The maximum atomic E-state index is 16.0. The molecule has 3 spiro atoms. The zero-order valence-electron chi connectivity index (χ0n) is 50.8. The van der Waals surface area contributed by atoms with Gasteiger partial charge in [0.1, 0.15) is 5.75 Å². The first kappa shape index (κ1) is 55.7. The number of carbonyl (C=O) groups is 1. The molecule has 3 aromatic rings. The molecule has 10 nitrogen and oxygen atoms in total. The Labute approximate surface area is 509 Å². The molecule has 0 radical (unpaired) electrons. The van der Waals surface area contributed by atoms with Gasteiger partial charge in [-0.25, -0.2) is 4.99 Å². The van der Waals surface area contributed by atoms with Gasteiger partial charge in [0.15, 0.2) is 23.2 Å². The van der Waals surface area contributed by atoms with Gasteiger partial charge in [0.05, 0.1) is 37.0 Å². The van der Waals surface area contributed by atoms with Crippen molar-refractivity contribution in [2.75, 3.05) is 19.8 Å². The molecule has 2 aliphatic heterocycles. The number of fused-ring (bicyclic) bond motifs is 12. The molecule has 13 aliphatic rings. The van der Waals surface area contributed by atoms with E-state index >= 15 is 4.79 Å². The number of hydrogen-bond acceptors (Lipinski definition) is 10. The molecule has 452 valence electrons. The fraction of sp³-hybridized carbons (Fsp3) is 0.605. The Balaban J connectivity index is 1.02.